The van der Waals surface area contributed by atoms with E-state index < -0.39 is 7.35 Å². The largest absolute Gasteiger partial charge is 1.00 e. The summed E-state index contributed by atoms with van der Waals surface area (Å²) in [5.41, 5.74) is 0. The Morgan fingerprint density at radius 2 is 0.833 bits per heavy atom. The van der Waals surface area contributed by atoms with Crippen LogP contribution in [0.4, 0.5) is 0 Å². The average Bonchev–Trinajstić information content (AvgIpc) is 0.918. The molecule has 0 aromatic heterocycles. The molecule has 0 heterocycles. The van der Waals surface area contributed by atoms with Crippen LogP contribution in [0.5, 0.6) is 0 Å². The number of rotatable bonds is 0. The van der Waals surface area contributed by atoms with Gasteiger partial charge in [-0.25, -0.2) is 0 Å². The van der Waals surface area contributed by atoms with Gasteiger partial charge in [-0.3, -0.25) is 0 Å². The van der Waals surface area contributed by atoms with Crippen LogP contribution in [-0.4, -0.2) is 15.8 Å². The van der Waals surface area contributed by atoms with Gasteiger partial charge in [-0.2, -0.15) is 0 Å². The zero-order valence-electron chi connectivity index (χ0n) is 4.97. The van der Waals surface area contributed by atoms with Gasteiger partial charge in [0.25, 0.3) is 0 Å². The Hall–Kier alpha value is 1.73. The van der Waals surface area contributed by atoms with Crippen molar-refractivity contribution in [3.05, 3.63) is 0 Å². The minimum atomic E-state index is -0.500. The van der Waals surface area contributed by atoms with E-state index in [1.807, 2.05) is 0 Å². The SMILES string of the molecule is C.C.C.C.C.C.O=B[O-].[B].[H-].[Na+].[Na+]. The van der Waals surface area contributed by atoms with Crippen LogP contribution in [0.1, 0.15) is 46.0 Å². The van der Waals surface area contributed by atoms with Crippen molar-refractivity contribution >= 4 is 15.8 Å². The molecule has 0 atom stereocenters. The molecule has 0 N–H and O–H groups in total. The molecule has 0 aliphatic rings. The molecule has 0 saturated heterocycles. The second-order valence-corrected chi connectivity index (χ2v) is 0.0962. The summed E-state index contributed by atoms with van der Waals surface area (Å²) in [6.07, 6.45) is 0. The summed E-state index contributed by atoms with van der Waals surface area (Å²) < 4.78 is 8.25. The first-order valence-corrected chi connectivity index (χ1v) is 0.471. The third-order valence-electron chi connectivity index (χ3n) is 0. The van der Waals surface area contributed by atoms with Gasteiger partial charge in [0.1, 0.15) is 0 Å². The first-order valence-electron chi connectivity index (χ1n) is 0.471. The first-order chi connectivity index (χ1) is 1.41. The maximum absolute atomic E-state index is 8.25. The second-order valence-electron chi connectivity index (χ2n) is 0.0962. The molecule has 0 unspecified atom stereocenters. The van der Waals surface area contributed by atoms with Crippen LogP contribution in [0.2, 0.25) is 0 Å². The fourth-order valence-electron chi connectivity index (χ4n) is 0. The maximum atomic E-state index is 8.25. The third-order valence-corrected chi connectivity index (χ3v) is 0. The van der Waals surface area contributed by atoms with Crippen LogP contribution < -0.4 is 64.1 Å². The van der Waals surface area contributed by atoms with E-state index in [1.54, 1.807) is 0 Å². The summed E-state index contributed by atoms with van der Waals surface area (Å²) in [7, 11) is -0.500. The Balaban J connectivity index is -0.000000000444. The van der Waals surface area contributed by atoms with Crippen molar-refractivity contribution in [2.75, 3.05) is 0 Å². The molecular weight excluding hydrogens is 172 g/mol. The zero-order chi connectivity index (χ0) is 2.71. The minimum absolute atomic E-state index is 0. The molecule has 2 nitrogen and oxygen atoms in total. The molecule has 0 aliphatic heterocycles. The van der Waals surface area contributed by atoms with Crippen molar-refractivity contribution < 1.29 is 70.3 Å². The Labute approximate surface area is 129 Å². The van der Waals surface area contributed by atoms with Gasteiger partial charge >= 0.3 is 76.2 Å². The van der Waals surface area contributed by atoms with Gasteiger partial charge in [-0.1, -0.05) is 44.6 Å². The van der Waals surface area contributed by atoms with Crippen molar-refractivity contribution in [3.8, 4) is 0 Å². The third kappa shape index (κ3) is 451. The molecule has 0 saturated carbocycles. The van der Waals surface area contributed by atoms with Gasteiger partial charge in [-0.05, 0) is 0 Å². The summed E-state index contributed by atoms with van der Waals surface area (Å²) >= 11 is 0. The average molecular weight is 197 g/mol. The summed E-state index contributed by atoms with van der Waals surface area (Å²) in [5, 5.41) is 8.25. The normalized spacial score (nSPS) is 0.667. The molecule has 6 heteroatoms. The van der Waals surface area contributed by atoms with Gasteiger partial charge in [-0.15, -0.1) is 0 Å². The topological polar surface area (TPSA) is 40.1 Å². The van der Waals surface area contributed by atoms with Crippen molar-refractivity contribution in [1.29, 1.82) is 0 Å². The maximum Gasteiger partial charge on any atom is 1.00 e. The quantitative estimate of drug-likeness (QED) is 0.370. The predicted molar refractivity (Wildman–Crippen MR) is 53.7 cm³/mol. The fraction of sp³-hybridized carbons (Fsp3) is 1.00. The molecule has 0 fully saturated rings. The summed E-state index contributed by atoms with van der Waals surface area (Å²) in [6, 6.07) is 0. The van der Waals surface area contributed by atoms with Gasteiger partial charge in [0, 0.05) is 8.41 Å². The van der Waals surface area contributed by atoms with Gasteiger partial charge in [0.2, 0.25) is 0 Å². The van der Waals surface area contributed by atoms with Crippen molar-refractivity contribution in [2.45, 2.75) is 44.6 Å². The van der Waals surface area contributed by atoms with E-state index in [4.69, 9.17) is 9.73 Å². The Bertz CT molecular complexity index is 34.1. The van der Waals surface area contributed by atoms with E-state index in [0.29, 0.717) is 0 Å². The van der Waals surface area contributed by atoms with Crippen molar-refractivity contribution in [2.24, 2.45) is 0 Å². The van der Waals surface area contributed by atoms with Gasteiger partial charge in [0.05, 0.1) is 0 Å². The van der Waals surface area contributed by atoms with E-state index in [-0.39, 0.29) is 114 Å². The monoisotopic (exact) mass is 197 g/mol. The predicted octanol–water partition coefficient (Wildman–Crippen LogP) is -4.13. The molecule has 0 bridgehead atoms. The summed E-state index contributed by atoms with van der Waals surface area (Å²) in [6.45, 7) is 0. The molecule has 0 aliphatic carbocycles. The van der Waals surface area contributed by atoms with Crippen molar-refractivity contribution in [3.63, 3.8) is 0 Å². The van der Waals surface area contributed by atoms with Crippen LogP contribution in [0.25, 0.3) is 0 Å². The first kappa shape index (κ1) is 160. The zero-order valence-corrected chi connectivity index (χ0v) is 7.97. The molecule has 0 aromatic carbocycles. The second kappa shape index (κ2) is 235. The standard InChI is InChI=1S/6CH4.BO2.B.2Na.H/c;;;;;;2-1-3;;;;/h6*1H4;;;;;/q;;;;;;-1;;2*+1;-1. The van der Waals surface area contributed by atoms with Crippen molar-refractivity contribution in [1.82, 2.24) is 0 Å². The molecule has 3 radical (unpaired) electrons. The van der Waals surface area contributed by atoms with Crippen LogP contribution >= 0.6 is 0 Å². The molecule has 0 aromatic rings. The van der Waals surface area contributed by atoms with E-state index in [0.717, 1.165) is 0 Å². The van der Waals surface area contributed by atoms with E-state index in [1.165, 1.54) is 0 Å². The van der Waals surface area contributed by atoms with Crippen LogP contribution in [0, 0.1) is 0 Å². The molecular formula is C6H25B2Na2O2. The summed E-state index contributed by atoms with van der Waals surface area (Å²) in [4.78, 5) is 0. The minimum Gasteiger partial charge on any atom is -1.00 e. The molecule has 69 valence electrons. The number of hydrogen-bond acceptors (Lipinski definition) is 2. The van der Waals surface area contributed by atoms with Gasteiger partial charge in [0.15, 0.2) is 0 Å². The molecule has 0 amide bonds. The Kier molecular flexibility index (Phi) is 3130. The van der Waals surface area contributed by atoms with E-state index in [2.05, 4.69) is 0 Å². The summed E-state index contributed by atoms with van der Waals surface area (Å²) in [5.74, 6) is 0. The Morgan fingerprint density at radius 3 is 0.833 bits per heavy atom. The van der Waals surface area contributed by atoms with E-state index >= 15 is 0 Å². The number of hydrogen-bond donors (Lipinski definition) is 0. The van der Waals surface area contributed by atoms with Crippen LogP contribution in [0.3, 0.4) is 0 Å². The Morgan fingerprint density at radius 1 is 0.833 bits per heavy atom. The smallest absolute Gasteiger partial charge is 1.00 e. The molecule has 12 heavy (non-hydrogen) atoms. The van der Waals surface area contributed by atoms with E-state index in [9.17, 15) is 0 Å². The van der Waals surface area contributed by atoms with Crippen LogP contribution in [-0.2, 0) is 4.70 Å². The molecule has 0 rings (SSSR count). The van der Waals surface area contributed by atoms with Crippen LogP contribution in [0.15, 0.2) is 0 Å². The molecule has 0 spiro atoms. The fourth-order valence-corrected chi connectivity index (χ4v) is 0. The van der Waals surface area contributed by atoms with Gasteiger partial charge < -0.3 is 1.43 Å².